The molecule has 0 unspecified atom stereocenters. The predicted octanol–water partition coefficient (Wildman–Crippen LogP) is 2.38. The van der Waals surface area contributed by atoms with Crippen LogP contribution in [-0.2, 0) is 6.54 Å². The van der Waals surface area contributed by atoms with E-state index < -0.39 is 0 Å². The van der Waals surface area contributed by atoms with Crippen molar-refractivity contribution in [2.75, 3.05) is 7.11 Å². The van der Waals surface area contributed by atoms with Gasteiger partial charge in [0.05, 0.1) is 12.6 Å². The first-order valence-electron chi connectivity index (χ1n) is 4.62. The third kappa shape index (κ3) is 1.21. The lowest BCUT2D eigenvalue weighted by atomic mass is 10.2. The number of hydrogen-bond acceptors (Lipinski definition) is 2. The number of aryl methyl sites for hydroxylation is 1. The fourth-order valence-electron chi connectivity index (χ4n) is 1.65. The molecule has 0 aliphatic heterocycles. The summed E-state index contributed by atoms with van der Waals surface area (Å²) in [4.78, 5) is 0. The van der Waals surface area contributed by atoms with Crippen LogP contribution in [0.25, 0.3) is 10.9 Å². The van der Waals surface area contributed by atoms with Crippen LogP contribution in [0.15, 0.2) is 24.4 Å². The largest absolute Gasteiger partial charge is 0.504 e. The molecule has 3 nitrogen and oxygen atoms in total. The smallest absolute Gasteiger partial charge is 0.162 e. The number of aromatic hydroxyl groups is 1. The van der Waals surface area contributed by atoms with E-state index in [1.54, 1.807) is 13.2 Å². The van der Waals surface area contributed by atoms with Crippen LogP contribution in [-0.4, -0.2) is 16.8 Å². The molecular formula is C11H13NO2. The Morgan fingerprint density at radius 1 is 1.43 bits per heavy atom. The molecule has 0 fully saturated rings. The second-order valence-electron chi connectivity index (χ2n) is 3.18. The molecule has 1 heterocycles. The lowest BCUT2D eigenvalue weighted by Gasteiger charge is -2.05. The Morgan fingerprint density at radius 2 is 2.21 bits per heavy atom. The molecule has 0 aliphatic rings. The van der Waals surface area contributed by atoms with Gasteiger partial charge in [-0.25, -0.2) is 0 Å². The molecule has 1 aromatic carbocycles. The molecule has 14 heavy (non-hydrogen) atoms. The van der Waals surface area contributed by atoms with Crippen LogP contribution in [0, 0.1) is 0 Å². The highest BCUT2D eigenvalue weighted by atomic mass is 16.5. The molecule has 0 saturated carbocycles. The quantitative estimate of drug-likeness (QED) is 0.790. The van der Waals surface area contributed by atoms with Crippen molar-refractivity contribution in [2.24, 2.45) is 0 Å². The molecule has 0 amide bonds. The van der Waals surface area contributed by atoms with Crippen molar-refractivity contribution in [1.82, 2.24) is 4.57 Å². The summed E-state index contributed by atoms with van der Waals surface area (Å²) >= 11 is 0. The summed E-state index contributed by atoms with van der Waals surface area (Å²) in [5, 5.41) is 10.6. The van der Waals surface area contributed by atoms with Crippen molar-refractivity contribution in [3.63, 3.8) is 0 Å². The minimum atomic E-state index is 0.189. The first-order chi connectivity index (χ1) is 6.76. The van der Waals surface area contributed by atoms with Crippen LogP contribution in [0.3, 0.4) is 0 Å². The first-order valence-corrected chi connectivity index (χ1v) is 4.62. The number of benzene rings is 1. The number of phenolic OH excluding ortho intramolecular Hbond substituents is 1. The summed E-state index contributed by atoms with van der Waals surface area (Å²) in [6.45, 7) is 3.00. The Hall–Kier alpha value is -1.64. The van der Waals surface area contributed by atoms with Crippen LogP contribution in [0.2, 0.25) is 0 Å². The maximum atomic E-state index is 9.56. The second kappa shape index (κ2) is 3.25. The molecular weight excluding hydrogens is 178 g/mol. The van der Waals surface area contributed by atoms with Gasteiger partial charge in [0, 0.05) is 24.2 Å². The van der Waals surface area contributed by atoms with Gasteiger partial charge in [-0.3, -0.25) is 0 Å². The molecule has 0 bridgehead atoms. The van der Waals surface area contributed by atoms with Crippen molar-refractivity contribution in [2.45, 2.75) is 13.5 Å². The zero-order valence-electron chi connectivity index (χ0n) is 8.32. The van der Waals surface area contributed by atoms with Gasteiger partial charge in [0.25, 0.3) is 0 Å². The van der Waals surface area contributed by atoms with E-state index in [2.05, 4.69) is 11.5 Å². The lowest BCUT2D eigenvalue weighted by molar-refractivity contribution is 0.374. The van der Waals surface area contributed by atoms with Gasteiger partial charge in [0.1, 0.15) is 0 Å². The molecule has 74 valence electrons. The maximum absolute atomic E-state index is 9.56. The van der Waals surface area contributed by atoms with Crippen LogP contribution in [0.5, 0.6) is 11.5 Å². The van der Waals surface area contributed by atoms with E-state index in [9.17, 15) is 5.11 Å². The topological polar surface area (TPSA) is 34.4 Å². The van der Waals surface area contributed by atoms with Gasteiger partial charge in [-0.15, -0.1) is 0 Å². The molecule has 0 radical (unpaired) electrons. The summed E-state index contributed by atoms with van der Waals surface area (Å²) in [5.41, 5.74) is 1.09. The Balaban J connectivity index is 2.70. The Labute approximate surface area is 82.5 Å². The minimum Gasteiger partial charge on any atom is -0.504 e. The van der Waals surface area contributed by atoms with Gasteiger partial charge >= 0.3 is 0 Å². The van der Waals surface area contributed by atoms with E-state index in [-0.39, 0.29) is 5.75 Å². The van der Waals surface area contributed by atoms with Crippen molar-refractivity contribution in [3.8, 4) is 11.5 Å². The van der Waals surface area contributed by atoms with Gasteiger partial charge in [0.15, 0.2) is 11.5 Å². The Kier molecular flexibility index (Phi) is 2.08. The monoisotopic (exact) mass is 191 g/mol. The third-order valence-electron chi connectivity index (χ3n) is 2.41. The molecule has 1 N–H and O–H groups in total. The first kappa shape index (κ1) is 8.94. The summed E-state index contributed by atoms with van der Waals surface area (Å²) in [7, 11) is 1.56. The second-order valence-corrected chi connectivity index (χ2v) is 3.18. The minimum absolute atomic E-state index is 0.189. The Morgan fingerprint density at radius 3 is 2.86 bits per heavy atom. The molecule has 0 atom stereocenters. The van der Waals surface area contributed by atoms with Crippen LogP contribution >= 0.6 is 0 Å². The number of ether oxygens (including phenoxy) is 1. The molecule has 3 heteroatoms. The van der Waals surface area contributed by atoms with Gasteiger partial charge in [-0.05, 0) is 19.1 Å². The molecule has 0 spiro atoms. The average Bonchev–Trinajstić information content (AvgIpc) is 2.58. The SMILES string of the molecule is CCn1ccc2cc(O)c(OC)cc21. The molecule has 2 rings (SSSR count). The molecule has 0 saturated heterocycles. The number of fused-ring (bicyclic) bond motifs is 1. The van der Waals surface area contributed by atoms with Crippen molar-refractivity contribution < 1.29 is 9.84 Å². The van der Waals surface area contributed by atoms with Crippen molar-refractivity contribution >= 4 is 10.9 Å². The number of nitrogens with zero attached hydrogens (tertiary/aromatic N) is 1. The zero-order chi connectivity index (χ0) is 10.1. The van der Waals surface area contributed by atoms with Crippen LogP contribution in [0.4, 0.5) is 0 Å². The summed E-state index contributed by atoms with van der Waals surface area (Å²) in [5.74, 6) is 0.708. The Bertz CT molecular complexity index is 460. The number of aromatic nitrogens is 1. The highest BCUT2D eigenvalue weighted by Crippen LogP contribution is 2.31. The summed E-state index contributed by atoms with van der Waals surface area (Å²) in [6, 6.07) is 5.56. The normalized spacial score (nSPS) is 10.7. The van der Waals surface area contributed by atoms with E-state index in [0.717, 1.165) is 17.4 Å². The average molecular weight is 191 g/mol. The fraction of sp³-hybridized carbons (Fsp3) is 0.273. The highest BCUT2D eigenvalue weighted by Gasteiger charge is 2.06. The summed E-state index contributed by atoms with van der Waals surface area (Å²) in [6.07, 6.45) is 2.00. The van der Waals surface area contributed by atoms with Crippen LogP contribution < -0.4 is 4.74 Å². The number of hydrogen-bond donors (Lipinski definition) is 1. The van der Waals surface area contributed by atoms with E-state index in [4.69, 9.17) is 4.74 Å². The van der Waals surface area contributed by atoms with E-state index >= 15 is 0 Å². The van der Waals surface area contributed by atoms with Crippen molar-refractivity contribution in [3.05, 3.63) is 24.4 Å². The third-order valence-corrected chi connectivity index (χ3v) is 2.41. The maximum Gasteiger partial charge on any atom is 0.162 e. The standard InChI is InChI=1S/C11H13NO2/c1-3-12-5-4-8-6-10(13)11(14-2)7-9(8)12/h4-7,13H,3H2,1-2H3. The number of phenols is 1. The van der Waals surface area contributed by atoms with Gasteiger partial charge in [0.2, 0.25) is 0 Å². The van der Waals surface area contributed by atoms with Crippen molar-refractivity contribution in [1.29, 1.82) is 0 Å². The number of rotatable bonds is 2. The lowest BCUT2D eigenvalue weighted by Crippen LogP contribution is -1.91. The highest BCUT2D eigenvalue weighted by molar-refractivity contribution is 5.83. The predicted molar refractivity (Wildman–Crippen MR) is 55.8 cm³/mol. The van der Waals surface area contributed by atoms with Gasteiger partial charge in [-0.1, -0.05) is 0 Å². The van der Waals surface area contributed by atoms with Gasteiger partial charge < -0.3 is 14.4 Å². The molecule has 2 aromatic rings. The fourth-order valence-corrected chi connectivity index (χ4v) is 1.65. The van der Waals surface area contributed by atoms with Crippen LogP contribution in [0.1, 0.15) is 6.92 Å². The summed E-state index contributed by atoms with van der Waals surface area (Å²) < 4.78 is 7.17. The molecule has 1 aromatic heterocycles. The van der Waals surface area contributed by atoms with E-state index in [1.165, 1.54) is 0 Å². The van der Waals surface area contributed by atoms with Gasteiger partial charge in [-0.2, -0.15) is 0 Å². The zero-order valence-corrected chi connectivity index (χ0v) is 8.32. The number of methoxy groups -OCH3 is 1. The van der Waals surface area contributed by atoms with E-state index in [0.29, 0.717) is 5.75 Å². The molecule has 0 aliphatic carbocycles. The van der Waals surface area contributed by atoms with E-state index in [1.807, 2.05) is 18.3 Å².